The van der Waals surface area contributed by atoms with Crippen molar-refractivity contribution in [3.63, 3.8) is 0 Å². The van der Waals surface area contributed by atoms with Crippen LogP contribution in [0.25, 0.3) is 0 Å². The van der Waals surface area contributed by atoms with Gasteiger partial charge in [0.15, 0.2) is 0 Å². The van der Waals surface area contributed by atoms with E-state index in [1.54, 1.807) is 0 Å². The molecule has 0 atom stereocenters. The molecule has 0 fully saturated rings. The van der Waals surface area contributed by atoms with E-state index in [0.717, 1.165) is 5.56 Å². The van der Waals surface area contributed by atoms with E-state index >= 15 is 0 Å². The summed E-state index contributed by atoms with van der Waals surface area (Å²) in [5.74, 6) is -0.214. The topological polar surface area (TPSA) is 20.2 Å². The highest BCUT2D eigenvalue weighted by Crippen LogP contribution is 2.28. The van der Waals surface area contributed by atoms with E-state index in [1.165, 1.54) is 12.1 Å². The van der Waals surface area contributed by atoms with Crippen molar-refractivity contribution >= 4 is 11.6 Å². The molecule has 1 rings (SSSR count). The summed E-state index contributed by atoms with van der Waals surface area (Å²) < 4.78 is 12.9. The SMILES string of the molecule is CC(C)c1c(Cl)cc(F)cc1CO. The van der Waals surface area contributed by atoms with Crippen molar-refractivity contribution in [2.24, 2.45) is 0 Å². The smallest absolute Gasteiger partial charge is 0.125 e. The first-order valence-corrected chi connectivity index (χ1v) is 4.52. The van der Waals surface area contributed by atoms with Crippen molar-refractivity contribution in [2.75, 3.05) is 0 Å². The van der Waals surface area contributed by atoms with Gasteiger partial charge in [-0.05, 0) is 29.2 Å². The van der Waals surface area contributed by atoms with Gasteiger partial charge in [-0.2, -0.15) is 0 Å². The minimum Gasteiger partial charge on any atom is -0.392 e. The summed E-state index contributed by atoms with van der Waals surface area (Å²) in [7, 11) is 0. The zero-order valence-electron chi connectivity index (χ0n) is 7.64. The molecule has 1 aromatic carbocycles. The maximum atomic E-state index is 12.9. The Morgan fingerprint density at radius 3 is 2.54 bits per heavy atom. The van der Waals surface area contributed by atoms with Crippen LogP contribution in [-0.4, -0.2) is 5.11 Å². The van der Waals surface area contributed by atoms with Crippen molar-refractivity contribution in [3.8, 4) is 0 Å². The van der Waals surface area contributed by atoms with Gasteiger partial charge in [-0.3, -0.25) is 0 Å². The van der Waals surface area contributed by atoms with Crippen molar-refractivity contribution in [1.29, 1.82) is 0 Å². The Bertz CT molecular complexity index is 310. The van der Waals surface area contributed by atoms with Gasteiger partial charge in [0.1, 0.15) is 5.82 Å². The van der Waals surface area contributed by atoms with Crippen LogP contribution in [0.15, 0.2) is 12.1 Å². The maximum absolute atomic E-state index is 12.9. The molecule has 3 heteroatoms. The third-order valence-corrected chi connectivity index (χ3v) is 2.24. The highest BCUT2D eigenvalue weighted by molar-refractivity contribution is 6.31. The predicted molar refractivity (Wildman–Crippen MR) is 51.4 cm³/mol. The molecule has 0 heterocycles. The van der Waals surface area contributed by atoms with Crippen LogP contribution in [-0.2, 0) is 6.61 Å². The summed E-state index contributed by atoms with van der Waals surface area (Å²) in [6.45, 7) is 3.74. The fourth-order valence-corrected chi connectivity index (χ4v) is 1.86. The molecule has 1 aromatic rings. The lowest BCUT2D eigenvalue weighted by molar-refractivity contribution is 0.279. The van der Waals surface area contributed by atoms with Crippen LogP contribution < -0.4 is 0 Å². The largest absolute Gasteiger partial charge is 0.392 e. The minimum atomic E-state index is -0.404. The monoisotopic (exact) mass is 202 g/mol. The van der Waals surface area contributed by atoms with Gasteiger partial charge < -0.3 is 5.11 Å². The van der Waals surface area contributed by atoms with Crippen LogP contribution in [0.4, 0.5) is 4.39 Å². The molecule has 0 amide bonds. The second-order valence-corrected chi connectivity index (χ2v) is 3.68. The first-order chi connectivity index (χ1) is 6.06. The number of hydrogen-bond acceptors (Lipinski definition) is 1. The molecule has 0 spiro atoms. The molecule has 1 N–H and O–H groups in total. The summed E-state index contributed by atoms with van der Waals surface area (Å²) >= 11 is 5.86. The molecule has 13 heavy (non-hydrogen) atoms. The minimum absolute atomic E-state index is 0.176. The third kappa shape index (κ3) is 2.20. The standard InChI is InChI=1S/C10H12ClFO/c1-6(2)10-7(5-13)3-8(12)4-9(10)11/h3-4,6,13H,5H2,1-2H3. The number of rotatable bonds is 2. The number of halogens is 2. The Morgan fingerprint density at radius 1 is 1.46 bits per heavy atom. The first kappa shape index (κ1) is 10.5. The van der Waals surface area contributed by atoms with Crippen LogP contribution in [0, 0.1) is 5.82 Å². The highest BCUT2D eigenvalue weighted by atomic mass is 35.5. The number of benzene rings is 1. The summed E-state index contributed by atoms with van der Waals surface area (Å²) in [5.41, 5.74) is 1.39. The van der Waals surface area contributed by atoms with Crippen molar-refractivity contribution in [1.82, 2.24) is 0 Å². The number of aliphatic hydroxyl groups is 1. The van der Waals surface area contributed by atoms with E-state index in [9.17, 15) is 4.39 Å². The second-order valence-electron chi connectivity index (χ2n) is 3.27. The molecule has 0 aliphatic heterocycles. The summed E-state index contributed by atoms with van der Waals surface area (Å²) in [6.07, 6.45) is 0. The van der Waals surface area contributed by atoms with Crippen molar-refractivity contribution in [2.45, 2.75) is 26.4 Å². The molecular weight excluding hydrogens is 191 g/mol. The van der Waals surface area contributed by atoms with E-state index in [0.29, 0.717) is 10.6 Å². The van der Waals surface area contributed by atoms with Gasteiger partial charge in [-0.1, -0.05) is 25.4 Å². The number of aliphatic hydroxyl groups excluding tert-OH is 1. The van der Waals surface area contributed by atoms with Gasteiger partial charge in [0.2, 0.25) is 0 Å². The Kier molecular flexibility index (Phi) is 3.28. The average molecular weight is 203 g/mol. The van der Waals surface area contributed by atoms with Crippen molar-refractivity contribution < 1.29 is 9.50 Å². The Morgan fingerprint density at radius 2 is 2.08 bits per heavy atom. The third-order valence-electron chi connectivity index (χ3n) is 1.93. The average Bonchev–Trinajstić information content (AvgIpc) is 2.01. The summed E-state index contributed by atoms with van der Waals surface area (Å²) in [4.78, 5) is 0. The quantitative estimate of drug-likeness (QED) is 0.782. The summed E-state index contributed by atoms with van der Waals surface area (Å²) in [6, 6.07) is 2.59. The van der Waals surface area contributed by atoms with E-state index in [1.807, 2.05) is 13.8 Å². The van der Waals surface area contributed by atoms with Crippen LogP contribution in [0.1, 0.15) is 30.9 Å². The normalized spacial score (nSPS) is 10.9. The summed E-state index contributed by atoms with van der Waals surface area (Å²) in [5, 5.41) is 9.38. The van der Waals surface area contributed by atoms with E-state index in [2.05, 4.69) is 0 Å². The Labute approximate surface area is 82.2 Å². The molecule has 0 unspecified atom stereocenters. The van der Waals surface area contributed by atoms with Crippen molar-refractivity contribution in [3.05, 3.63) is 34.1 Å². The molecule has 0 saturated heterocycles. The molecule has 1 nitrogen and oxygen atoms in total. The van der Waals surface area contributed by atoms with Gasteiger partial charge in [-0.25, -0.2) is 4.39 Å². The Balaban J connectivity index is 3.30. The van der Waals surface area contributed by atoms with E-state index in [4.69, 9.17) is 16.7 Å². The molecule has 0 saturated carbocycles. The van der Waals surface area contributed by atoms with Crippen LogP contribution in [0.5, 0.6) is 0 Å². The lowest BCUT2D eigenvalue weighted by Gasteiger charge is -2.13. The van der Waals surface area contributed by atoms with Gasteiger partial charge in [0.05, 0.1) is 6.61 Å². The molecular formula is C10H12ClFO. The molecule has 72 valence electrons. The zero-order chi connectivity index (χ0) is 10.0. The van der Waals surface area contributed by atoms with E-state index in [-0.39, 0.29) is 12.5 Å². The van der Waals surface area contributed by atoms with Gasteiger partial charge in [0.25, 0.3) is 0 Å². The second kappa shape index (κ2) is 4.07. The molecule has 0 aromatic heterocycles. The lowest BCUT2D eigenvalue weighted by atomic mass is 9.97. The molecule has 0 bridgehead atoms. The highest BCUT2D eigenvalue weighted by Gasteiger charge is 2.11. The lowest BCUT2D eigenvalue weighted by Crippen LogP contribution is -1.98. The van der Waals surface area contributed by atoms with Crippen LogP contribution in [0.3, 0.4) is 0 Å². The van der Waals surface area contributed by atoms with Crippen LogP contribution in [0.2, 0.25) is 5.02 Å². The molecule has 0 radical (unpaired) electrons. The Hall–Kier alpha value is -0.600. The van der Waals surface area contributed by atoms with Gasteiger partial charge in [-0.15, -0.1) is 0 Å². The van der Waals surface area contributed by atoms with Gasteiger partial charge >= 0.3 is 0 Å². The van der Waals surface area contributed by atoms with Gasteiger partial charge in [0, 0.05) is 5.02 Å². The van der Waals surface area contributed by atoms with Crippen LogP contribution >= 0.6 is 11.6 Å². The first-order valence-electron chi connectivity index (χ1n) is 4.15. The number of hydrogen-bond donors (Lipinski definition) is 1. The fourth-order valence-electron chi connectivity index (χ4n) is 1.42. The predicted octanol–water partition coefficient (Wildman–Crippen LogP) is 3.09. The molecule has 0 aliphatic carbocycles. The maximum Gasteiger partial charge on any atom is 0.125 e. The van der Waals surface area contributed by atoms with E-state index < -0.39 is 5.82 Å². The molecule has 0 aliphatic rings. The zero-order valence-corrected chi connectivity index (χ0v) is 8.40. The fraction of sp³-hybridized carbons (Fsp3) is 0.400.